The largest absolute Gasteiger partial charge is 0.489 e. The molecule has 0 aromatic heterocycles. The molecule has 8 heteroatoms. The lowest BCUT2D eigenvalue weighted by Gasteiger charge is -2.09. The normalized spacial score (nSPS) is 10.9. The van der Waals surface area contributed by atoms with Crippen molar-refractivity contribution >= 4 is 52.1 Å². The molecule has 0 aliphatic carbocycles. The van der Waals surface area contributed by atoms with E-state index in [0.717, 1.165) is 21.9 Å². The standard InChI is InChI=1S/C32H22Cl2N2O4/c33-25-13-10-24(30(34)18-25)20-39-26-16-11-23(12-17-26)31(37)36-35-19-21-8-14-27(15-9-21)40-32(38)29-7-3-5-22-4-1-2-6-28(22)29/h1-19H,20H2,(H,36,37)/b35-19+. The Morgan fingerprint density at radius 3 is 2.30 bits per heavy atom. The Bertz CT molecular complexity index is 1700. The number of ether oxygens (including phenoxy) is 2. The van der Waals surface area contributed by atoms with E-state index in [1.54, 1.807) is 72.8 Å². The molecular formula is C32H22Cl2N2O4. The van der Waals surface area contributed by atoms with Crippen molar-refractivity contribution in [3.63, 3.8) is 0 Å². The van der Waals surface area contributed by atoms with Gasteiger partial charge in [0.05, 0.1) is 11.8 Å². The predicted molar refractivity (Wildman–Crippen MR) is 158 cm³/mol. The lowest BCUT2D eigenvalue weighted by molar-refractivity contribution is 0.0736. The van der Waals surface area contributed by atoms with Crippen molar-refractivity contribution < 1.29 is 19.1 Å². The fourth-order valence-corrected chi connectivity index (χ4v) is 4.38. The van der Waals surface area contributed by atoms with Crippen LogP contribution in [0.3, 0.4) is 0 Å². The summed E-state index contributed by atoms with van der Waals surface area (Å²) in [6.45, 7) is 0.271. The fourth-order valence-electron chi connectivity index (χ4n) is 3.92. The molecule has 0 atom stereocenters. The number of rotatable bonds is 8. The van der Waals surface area contributed by atoms with Crippen molar-refractivity contribution in [2.24, 2.45) is 5.10 Å². The lowest BCUT2D eigenvalue weighted by Crippen LogP contribution is -2.17. The van der Waals surface area contributed by atoms with Crippen LogP contribution in [0.4, 0.5) is 0 Å². The second kappa shape index (κ2) is 12.5. The zero-order chi connectivity index (χ0) is 27.9. The van der Waals surface area contributed by atoms with Crippen LogP contribution in [0.1, 0.15) is 31.8 Å². The highest BCUT2D eigenvalue weighted by atomic mass is 35.5. The summed E-state index contributed by atoms with van der Waals surface area (Å²) >= 11 is 12.1. The van der Waals surface area contributed by atoms with Crippen molar-refractivity contribution in [2.45, 2.75) is 6.61 Å². The van der Waals surface area contributed by atoms with E-state index in [-0.39, 0.29) is 12.5 Å². The summed E-state index contributed by atoms with van der Waals surface area (Å²) in [5, 5.41) is 6.90. The van der Waals surface area contributed by atoms with Crippen molar-refractivity contribution in [3.05, 3.63) is 141 Å². The van der Waals surface area contributed by atoms with E-state index in [1.807, 2.05) is 36.4 Å². The van der Waals surface area contributed by atoms with E-state index in [1.165, 1.54) is 6.21 Å². The van der Waals surface area contributed by atoms with Crippen molar-refractivity contribution in [3.8, 4) is 11.5 Å². The molecular weight excluding hydrogens is 547 g/mol. The van der Waals surface area contributed by atoms with E-state index in [2.05, 4.69) is 10.5 Å². The van der Waals surface area contributed by atoms with Crippen LogP contribution >= 0.6 is 23.2 Å². The van der Waals surface area contributed by atoms with Gasteiger partial charge >= 0.3 is 5.97 Å². The van der Waals surface area contributed by atoms with Crippen LogP contribution < -0.4 is 14.9 Å². The molecule has 0 fully saturated rings. The first-order valence-electron chi connectivity index (χ1n) is 12.3. The average molecular weight is 569 g/mol. The molecule has 0 aliphatic rings. The van der Waals surface area contributed by atoms with E-state index in [0.29, 0.717) is 32.7 Å². The number of benzene rings is 5. The van der Waals surface area contributed by atoms with Crippen LogP contribution in [0, 0.1) is 0 Å². The molecule has 6 nitrogen and oxygen atoms in total. The quantitative estimate of drug-likeness (QED) is 0.0899. The molecule has 1 N–H and O–H groups in total. The van der Waals surface area contributed by atoms with Crippen molar-refractivity contribution in [1.29, 1.82) is 0 Å². The summed E-state index contributed by atoms with van der Waals surface area (Å²) < 4.78 is 11.3. The maximum absolute atomic E-state index is 12.7. The minimum absolute atomic E-state index is 0.271. The summed E-state index contributed by atoms with van der Waals surface area (Å²) in [4.78, 5) is 25.2. The third-order valence-electron chi connectivity index (χ3n) is 6.01. The van der Waals surface area contributed by atoms with E-state index >= 15 is 0 Å². The van der Waals surface area contributed by atoms with Crippen LogP contribution in [-0.2, 0) is 6.61 Å². The molecule has 1 amide bonds. The number of nitrogens with one attached hydrogen (secondary N) is 1. The number of carbonyl (C=O) groups excluding carboxylic acids is 2. The Hall–Kier alpha value is -4.65. The van der Waals surface area contributed by atoms with Crippen LogP contribution in [0.15, 0.2) is 114 Å². The highest BCUT2D eigenvalue weighted by Gasteiger charge is 2.12. The maximum atomic E-state index is 12.7. The third kappa shape index (κ3) is 6.67. The van der Waals surface area contributed by atoms with Gasteiger partial charge in [-0.1, -0.05) is 65.7 Å². The highest BCUT2D eigenvalue weighted by molar-refractivity contribution is 6.35. The number of amides is 1. The zero-order valence-corrected chi connectivity index (χ0v) is 22.5. The van der Waals surface area contributed by atoms with Gasteiger partial charge in [-0.05, 0) is 83.1 Å². The molecule has 0 saturated carbocycles. The Kier molecular flexibility index (Phi) is 8.40. The lowest BCUT2D eigenvalue weighted by atomic mass is 10.0. The highest BCUT2D eigenvalue weighted by Crippen LogP contribution is 2.23. The summed E-state index contributed by atoms with van der Waals surface area (Å²) in [6.07, 6.45) is 1.50. The molecule has 0 radical (unpaired) electrons. The van der Waals surface area contributed by atoms with Crippen LogP contribution in [0.2, 0.25) is 10.0 Å². The van der Waals surface area contributed by atoms with Crippen LogP contribution in [0.25, 0.3) is 10.8 Å². The molecule has 0 heterocycles. The molecule has 0 aliphatic heterocycles. The van der Waals surface area contributed by atoms with Gasteiger partial charge < -0.3 is 9.47 Å². The van der Waals surface area contributed by atoms with E-state index in [4.69, 9.17) is 32.7 Å². The summed E-state index contributed by atoms with van der Waals surface area (Å²) in [6, 6.07) is 31.9. The SMILES string of the molecule is O=C(N/N=C/c1ccc(OC(=O)c2cccc3ccccc23)cc1)c1ccc(OCc2ccc(Cl)cc2Cl)cc1. The van der Waals surface area contributed by atoms with Crippen molar-refractivity contribution in [1.82, 2.24) is 5.43 Å². The van der Waals surface area contributed by atoms with Gasteiger partial charge in [-0.2, -0.15) is 5.10 Å². The molecule has 0 spiro atoms. The molecule has 5 aromatic carbocycles. The van der Waals surface area contributed by atoms with Gasteiger partial charge in [-0.3, -0.25) is 4.79 Å². The molecule has 198 valence electrons. The number of halogens is 2. The smallest absolute Gasteiger partial charge is 0.344 e. The summed E-state index contributed by atoms with van der Waals surface area (Å²) in [7, 11) is 0. The first-order chi connectivity index (χ1) is 19.5. The predicted octanol–water partition coefficient (Wildman–Crippen LogP) is 7.71. The monoisotopic (exact) mass is 568 g/mol. The second-order valence-electron chi connectivity index (χ2n) is 8.73. The third-order valence-corrected chi connectivity index (χ3v) is 6.59. The first kappa shape index (κ1) is 26.9. The zero-order valence-electron chi connectivity index (χ0n) is 21.0. The molecule has 5 rings (SSSR count). The Morgan fingerprint density at radius 2 is 1.52 bits per heavy atom. The van der Waals surface area contributed by atoms with Gasteiger partial charge in [0.1, 0.15) is 18.1 Å². The fraction of sp³-hybridized carbons (Fsp3) is 0.0312. The molecule has 0 unspecified atom stereocenters. The number of hydrogen-bond donors (Lipinski definition) is 1. The molecule has 5 aromatic rings. The Labute approximate surface area is 240 Å². The maximum Gasteiger partial charge on any atom is 0.344 e. The van der Waals surface area contributed by atoms with Gasteiger partial charge in [0.15, 0.2) is 0 Å². The van der Waals surface area contributed by atoms with Gasteiger partial charge in [-0.25, -0.2) is 10.2 Å². The van der Waals surface area contributed by atoms with Gasteiger partial charge in [0.25, 0.3) is 5.91 Å². The average Bonchev–Trinajstić information content (AvgIpc) is 2.97. The van der Waals surface area contributed by atoms with E-state index in [9.17, 15) is 9.59 Å². The van der Waals surface area contributed by atoms with Gasteiger partial charge in [-0.15, -0.1) is 0 Å². The number of nitrogens with zero attached hydrogens (tertiary/aromatic N) is 1. The van der Waals surface area contributed by atoms with Gasteiger partial charge in [0, 0.05) is 21.2 Å². The van der Waals surface area contributed by atoms with Crippen molar-refractivity contribution in [2.75, 3.05) is 0 Å². The second-order valence-corrected chi connectivity index (χ2v) is 9.58. The Morgan fingerprint density at radius 1 is 0.800 bits per heavy atom. The topological polar surface area (TPSA) is 77.0 Å². The van der Waals surface area contributed by atoms with Gasteiger partial charge in [0.2, 0.25) is 0 Å². The first-order valence-corrected chi connectivity index (χ1v) is 13.0. The number of carbonyl (C=O) groups is 2. The molecule has 40 heavy (non-hydrogen) atoms. The summed E-state index contributed by atoms with van der Waals surface area (Å²) in [5.41, 5.74) is 4.94. The molecule has 0 saturated heterocycles. The number of esters is 1. The van der Waals surface area contributed by atoms with Crippen LogP contribution in [0.5, 0.6) is 11.5 Å². The Balaban J connectivity index is 1.13. The van der Waals surface area contributed by atoms with Crippen LogP contribution in [-0.4, -0.2) is 18.1 Å². The number of fused-ring (bicyclic) bond motifs is 1. The summed E-state index contributed by atoms with van der Waals surface area (Å²) in [5.74, 6) is 0.187. The van der Waals surface area contributed by atoms with E-state index < -0.39 is 5.97 Å². The number of hydrazone groups is 1. The minimum atomic E-state index is -0.435. The number of hydrogen-bond acceptors (Lipinski definition) is 5. The molecule has 0 bridgehead atoms. The minimum Gasteiger partial charge on any atom is -0.489 e.